The molecule has 0 saturated carbocycles. The molecule has 1 aliphatic rings. The van der Waals surface area contributed by atoms with Gasteiger partial charge in [-0.2, -0.15) is 16.5 Å². The minimum Gasteiger partial charge on any atom is -0.495 e. The van der Waals surface area contributed by atoms with Gasteiger partial charge in [0.25, 0.3) is 0 Å². The molecule has 1 aliphatic heterocycles. The van der Waals surface area contributed by atoms with Crippen LogP contribution in [-0.2, 0) is 14.8 Å². The first-order chi connectivity index (χ1) is 9.81. The van der Waals surface area contributed by atoms with E-state index in [1.54, 1.807) is 6.07 Å². The van der Waals surface area contributed by atoms with Crippen molar-refractivity contribution in [2.24, 2.45) is 0 Å². The Bertz CT molecular complexity index is 656. The molecule has 6 nitrogen and oxygen atoms in total. The maximum atomic E-state index is 12.5. The van der Waals surface area contributed by atoms with Crippen LogP contribution in [0.15, 0.2) is 27.6 Å². The summed E-state index contributed by atoms with van der Waals surface area (Å²) in [5.41, 5.74) is -1.46. The van der Waals surface area contributed by atoms with E-state index in [1.165, 1.54) is 31.0 Å². The van der Waals surface area contributed by atoms with Gasteiger partial charge in [0.15, 0.2) is 0 Å². The molecule has 1 saturated heterocycles. The van der Waals surface area contributed by atoms with Crippen molar-refractivity contribution in [3.8, 4) is 5.75 Å². The highest BCUT2D eigenvalue weighted by atomic mass is 79.9. The SMILES string of the molecule is COc1ccc(Br)cc1S(=O)(=O)NC1(C(=O)O)CCSC1. The molecule has 2 N–H and O–H groups in total. The van der Waals surface area contributed by atoms with Crippen molar-refractivity contribution in [2.45, 2.75) is 16.9 Å². The topological polar surface area (TPSA) is 92.7 Å². The molecule has 116 valence electrons. The Morgan fingerprint density at radius 2 is 2.24 bits per heavy atom. The molecule has 2 rings (SSSR count). The quantitative estimate of drug-likeness (QED) is 0.787. The molecule has 0 radical (unpaired) electrons. The van der Waals surface area contributed by atoms with Gasteiger partial charge in [0.05, 0.1) is 7.11 Å². The number of thioether (sulfide) groups is 1. The summed E-state index contributed by atoms with van der Waals surface area (Å²) in [7, 11) is -2.65. The first-order valence-electron chi connectivity index (χ1n) is 5.99. The minimum atomic E-state index is -4.01. The number of methoxy groups -OCH3 is 1. The van der Waals surface area contributed by atoms with Crippen molar-refractivity contribution in [1.29, 1.82) is 0 Å². The van der Waals surface area contributed by atoms with Crippen molar-refractivity contribution in [1.82, 2.24) is 4.72 Å². The second-order valence-electron chi connectivity index (χ2n) is 4.59. The molecule has 0 bridgehead atoms. The van der Waals surface area contributed by atoms with Gasteiger partial charge in [-0.3, -0.25) is 4.79 Å². The molecule has 0 aromatic heterocycles. The van der Waals surface area contributed by atoms with Gasteiger partial charge in [-0.25, -0.2) is 8.42 Å². The molecule has 0 spiro atoms. The second-order valence-corrected chi connectivity index (χ2v) is 8.26. The number of ether oxygens (including phenoxy) is 1. The lowest BCUT2D eigenvalue weighted by Crippen LogP contribution is -2.54. The summed E-state index contributed by atoms with van der Waals surface area (Å²) in [5, 5.41) is 9.37. The molecule has 1 atom stereocenters. The largest absolute Gasteiger partial charge is 0.495 e. The van der Waals surface area contributed by atoms with E-state index in [2.05, 4.69) is 20.7 Å². The van der Waals surface area contributed by atoms with Crippen molar-refractivity contribution < 1.29 is 23.1 Å². The predicted molar refractivity (Wildman–Crippen MR) is 83.3 cm³/mol. The van der Waals surface area contributed by atoms with E-state index in [0.717, 1.165) is 0 Å². The second kappa shape index (κ2) is 6.15. The zero-order valence-corrected chi connectivity index (χ0v) is 14.3. The van der Waals surface area contributed by atoms with Crippen LogP contribution in [0.5, 0.6) is 5.75 Å². The first-order valence-corrected chi connectivity index (χ1v) is 9.42. The summed E-state index contributed by atoms with van der Waals surface area (Å²) in [5.74, 6) is -0.190. The van der Waals surface area contributed by atoms with Crippen LogP contribution in [0.1, 0.15) is 6.42 Å². The number of aliphatic carboxylic acids is 1. The smallest absolute Gasteiger partial charge is 0.325 e. The number of carbonyl (C=O) groups is 1. The molecular weight excluding hydrogens is 382 g/mol. The molecule has 21 heavy (non-hydrogen) atoms. The van der Waals surface area contributed by atoms with Crippen molar-refractivity contribution >= 4 is 43.7 Å². The third-order valence-electron chi connectivity index (χ3n) is 3.18. The van der Waals surface area contributed by atoms with Gasteiger partial charge >= 0.3 is 5.97 Å². The van der Waals surface area contributed by atoms with Crippen LogP contribution in [0.25, 0.3) is 0 Å². The predicted octanol–water partition coefficient (Wildman–Crippen LogP) is 1.70. The Kier molecular flexibility index (Phi) is 4.86. The Labute approximate surface area is 135 Å². The fraction of sp³-hybridized carbons (Fsp3) is 0.417. The van der Waals surface area contributed by atoms with Gasteiger partial charge in [-0.05, 0) is 30.4 Å². The lowest BCUT2D eigenvalue weighted by Gasteiger charge is -2.24. The van der Waals surface area contributed by atoms with E-state index in [-0.39, 0.29) is 22.8 Å². The lowest BCUT2D eigenvalue weighted by molar-refractivity contribution is -0.142. The fourth-order valence-corrected chi connectivity index (χ4v) is 5.54. The van der Waals surface area contributed by atoms with Crippen LogP contribution >= 0.6 is 27.7 Å². The Morgan fingerprint density at radius 3 is 2.76 bits per heavy atom. The summed E-state index contributed by atoms with van der Waals surface area (Å²) in [6.07, 6.45) is 0.253. The number of hydrogen-bond donors (Lipinski definition) is 2. The number of halogens is 1. The van der Waals surface area contributed by atoms with Crippen molar-refractivity contribution in [3.05, 3.63) is 22.7 Å². The maximum absolute atomic E-state index is 12.5. The van der Waals surface area contributed by atoms with Gasteiger partial charge in [-0.1, -0.05) is 15.9 Å². The van der Waals surface area contributed by atoms with Gasteiger partial charge < -0.3 is 9.84 Å². The van der Waals surface area contributed by atoms with Gasteiger partial charge in [0.2, 0.25) is 10.0 Å². The first kappa shape index (κ1) is 16.6. The zero-order chi connectivity index (χ0) is 15.7. The number of hydrogen-bond acceptors (Lipinski definition) is 5. The molecule has 1 heterocycles. The van der Waals surface area contributed by atoms with Crippen LogP contribution in [0.4, 0.5) is 0 Å². The molecule has 1 unspecified atom stereocenters. The van der Waals surface area contributed by atoms with Crippen LogP contribution < -0.4 is 9.46 Å². The fourth-order valence-electron chi connectivity index (χ4n) is 2.03. The van der Waals surface area contributed by atoms with E-state index in [0.29, 0.717) is 10.2 Å². The molecule has 1 aromatic rings. The molecular formula is C12H14BrNO5S2. The number of benzene rings is 1. The molecule has 9 heteroatoms. The maximum Gasteiger partial charge on any atom is 0.325 e. The minimum absolute atomic E-state index is 0.0862. The summed E-state index contributed by atoms with van der Waals surface area (Å²) in [6, 6.07) is 4.55. The van der Waals surface area contributed by atoms with Gasteiger partial charge in [-0.15, -0.1) is 0 Å². The number of carboxylic acid groups (broad SMARTS) is 1. The Hall–Kier alpha value is -0.770. The zero-order valence-electron chi connectivity index (χ0n) is 11.1. The van der Waals surface area contributed by atoms with Crippen molar-refractivity contribution in [2.75, 3.05) is 18.6 Å². The van der Waals surface area contributed by atoms with Crippen LogP contribution in [0, 0.1) is 0 Å². The van der Waals surface area contributed by atoms with E-state index in [4.69, 9.17) is 4.74 Å². The Balaban J connectivity index is 2.43. The highest BCUT2D eigenvalue weighted by molar-refractivity contribution is 9.10. The molecule has 1 fully saturated rings. The lowest BCUT2D eigenvalue weighted by atomic mass is 10.0. The molecule has 0 aliphatic carbocycles. The average molecular weight is 396 g/mol. The summed E-state index contributed by atoms with van der Waals surface area (Å²) in [6.45, 7) is 0. The van der Waals surface area contributed by atoms with E-state index < -0.39 is 21.5 Å². The van der Waals surface area contributed by atoms with Crippen LogP contribution in [0.2, 0.25) is 0 Å². The van der Waals surface area contributed by atoms with E-state index >= 15 is 0 Å². The molecule has 0 amide bonds. The third kappa shape index (κ3) is 3.36. The highest BCUT2D eigenvalue weighted by Gasteiger charge is 2.45. The van der Waals surface area contributed by atoms with Crippen LogP contribution in [0.3, 0.4) is 0 Å². The standard InChI is InChI=1S/C12H14BrNO5S2/c1-19-9-3-2-8(13)6-10(9)21(17,18)14-12(11(15)16)4-5-20-7-12/h2-3,6,14H,4-5,7H2,1H3,(H,15,16). The number of nitrogens with one attached hydrogen (secondary N) is 1. The summed E-state index contributed by atoms with van der Waals surface area (Å²) < 4.78 is 33.0. The number of carboxylic acids is 1. The number of sulfonamides is 1. The highest BCUT2D eigenvalue weighted by Crippen LogP contribution is 2.33. The Morgan fingerprint density at radius 1 is 1.52 bits per heavy atom. The van der Waals surface area contributed by atoms with Gasteiger partial charge in [0.1, 0.15) is 16.2 Å². The third-order valence-corrected chi connectivity index (χ3v) is 6.42. The van der Waals surface area contributed by atoms with Crippen LogP contribution in [-0.4, -0.2) is 43.6 Å². The van der Waals surface area contributed by atoms with Crippen molar-refractivity contribution in [3.63, 3.8) is 0 Å². The van der Waals surface area contributed by atoms with Gasteiger partial charge in [0, 0.05) is 10.2 Å². The summed E-state index contributed by atoms with van der Waals surface area (Å²) >= 11 is 4.61. The van der Waals surface area contributed by atoms with E-state index in [1.807, 2.05) is 0 Å². The summed E-state index contributed by atoms with van der Waals surface area (Å²) in [4.78, 5) is 11.4. The normalized spacial score (nSPS) is 22.2. The average Bonchev–Trinajstić information content (AvgIpc) is 2.88. The van der Waals surface area contributed by atoms with E-state index in [9.17, 15) is 18.3 Å². The number of rotatable bonds is 5. The molecule has 1 aromatic carbocycles. The monoisotopic (exact) mass is 395 g/mol.